The third kappa shape index (κ3) is 9.54. The van der Waals surface area contributed by atoms with Gasteiger partial charge in [0.2, 0.25) is 5.69 Å². The fraction of sp³-hybridized carbons (Fsp3) is 0.289. The van der Waals surface area contributed by atoms with E-state index in [2.05, 4.69) is 276 Å². The van der Waals surface area contributed by atoms with Crippen LogP contribution in [0.15, 0.2) is 194 Å². The molecule has 0 unspecified atom stereocenters. The van der Waals surface area contributed by atoms with E-state index in [1.54, 1.807) is 0 Å². The molecule has 0 atom stereocenters. The van der Waals surface area contributed by atoms with Crippen LogP contribution in [0.4, 0.5) is 22.7 Å². The van der Waals surface area contributed by atoms with Crippen LogP contribution in [-0.4, -0.2) is 23.6 Å². The molecule has 1 aliphatic heterocycles. The maximum atomic E-state index is 6.99. The Bertz CT molecular complexity index is 4050. The van der Waals surface area contributed by atoms with E-state index in [4.69, 9.17) is 9.72 Å². The van der Waals surface area contributed by atoms with Crippen molar-refractivity contribution in [3.05, 3.63) is 229 Å². The number of fused-ring (bicyclic) bond motifs is 4. The number of hydrogen-bond acceptors (Lipinski definition) is 2. The van der Waals surface area contributed by atoms with Gasteiger partial charge < -0.3 is 9.30 Å². The summed E-state index contributed by atoms with van der Waals surface area (Å²) in [6.07, 6.45) is 10.0. The van der Waals surface area contributed by atoms with Gasteiger partial charge in [-0.1, -0.05) is 206 Å². The molecule has 2 aromatic heterocycles. The second kappa shape index (κ2) is 20.5. The quantitative estimate of drug-likeness (QED) is 0.0592. The summed E-state index contributed by atoms with van der Waals surface area (Å²) in [4.78, 5) is 5.11. The average Bonchev–Trinajstić information content (AvgIpc) is 1.97. The van der Waals surface area contributed by atoms with E-state index in [-0.39, 0.29) is 42.7 Å². The van der Waals surface area contributed by atoms with Gasteiger partial charge in [0, 0.05) is 52.4 Å². The molecule has 15 rings (SSSR count). The van der Waals surface area contributed by atoms with Crippen molar-refractivity contribution in [3.8, 4) is 17.3 Å². The Hall–Kier alpha value is -7.20. The van der Waals surface area contributed by atoms with Crippen molar-refractivity contribution < 1.29 is 25.8 Å². The predicted molar refractivity (Wildman–Crippen MR) is 343 cm³/mol. The van der Waals surface area contributed by atoms with Crippen LogP contribution in [0.25, 0.3) is 27.6 Å². The Morgan fingerprint density at radius 1 is 0.530 bits per heavy atom. The molecule has 0 saturated heterocycles. The standard InChI is InChI=1S/C76H74N4OSi.Pt/c1-73(2,3)54-35-36-77-71(43-54)80-68-34-32-64(82(61-23-13-10-14-24-61,62-25-15-11-16-26-62)63-27-17-12-18-28-63)46-66(68)65-33-31-60(45-70(65)80)81-59-22-19-21-57(44-59)78-50-79(58-41-55(74(4,5)6)40-56(42-58)75(7,8)9)72-67(29-20-30-69(72)78)76-47-51-37-52(48-76)39-53(38-51)49-76;/h10-36,40-43,46,51-53H,37-39,47-49H2,1-9H3;/q;+2. The first-order valence-electron chi connectivity index (χ1n) is 29.9. The van der Waals surface area contributed by atoms with Crippen molar-refractivity contribution in [1.29, 1.82) is 0 Å². The zero-order valence-corrected chi connectivity index (χ0v) is 52.7. The van der Waals surface area contributed by atoms with E-state index in [1.165, 1.54) is 87.2 Å². The Morgan fingerprint density at radius 2 is 1.10 bits per heavy atom. The SMILES string of the molecule is CC(C)(C)c1cc([N+]2=C=[N+](c3[c-]c(Oc4[c-]c5c(cc4)c4cc([Si](c6ccccc6)(c6ccccc6)c6ccccc6)ccc4n5-c4cc(C(C)(C)C)ccn4)ccc3)c3cccc(C45CC6CC(CC(C6)C4)C5)c32)cc(C(C)(C)C)c1.[Pt+2]. The maximum Gasteiger partial charge on any atom is 2.00 e. The largest absolute Gasteiger partial charge is 2.00 e. The van der Waals surface area contributed by atoms with Crippen molar-refractivity contribution in [2.75, 3.05) is 0 Å². The molecule has 416 valence electrons. The maximum absolute atomic E-state index is 6.99. The fourth-order valence-corrected chi connectivity index (χ4v) is 20.0. The van der Waals surface area contributed by atoms with Crippen molar-refractivity contribution in [1.82, 2.24) is 18.7 Å². The smallest absolute Gasteiger partial charge is 0.509 e. The van der Waals surface area contributed by atoms with Crippen LogP contribution in [0, 0.1) is 29.9 Å². The predicted octanol–water partition coefficient (Wildman–Crippen LogP) is 16.2. The molecule has 0 spiro atoms. The number of aromatic nitrogens is 2. The molecule has 4 fully saturated rings. The van der Waals surface area contributed by atoms with Crippen LogP contribution >= 0.6 is 0 Å². The van der Waals surface area contributed by atoms with Crippen LogP contribution in [-0.2, 0) is 42.7 Å². The van der Waals surface area contributed by atoms with Gasteiger partial charge in [0.05, 0.1) is 0 Å². The van der Waals surface area contributed by atoms with E-state index >= 15 is 0 Å². The van der Waals surface area contributed by atoms with Gasteiger partial charge in [0.15, 0.2) is 8.07 Å². The molecule has 4 aliphatic carbocycles. The Labute approximate surface area is 506 Å². The summed E-state index contributed by atoms with van der Waals surface area (Å²) in [6.45, 7) is 20.8. The van der Waals surface area contributed by atoms with Crippen molar-refractivity contribution in [3.63, 3.8) is 0 Å². The average molecular weight is 1280 g/mol. The molecule has 10 aromatic rings. The molecule has 0 radical (unpaired) electrons. The minimum Gasteiger partial charge on any atom is -0.509 e. The molecule has 3 heterocycles. The molecule has 5 aliphatic rings. The van der Waals surface area contributed by atoms with E-state index in [0.29, 0.717) is 11.5 Å². The van der Waals surface area contributed by atoms with Gasteiger partial charge in [-0.3, -0.25) is 0 Å². The molecule has 0 amide bonds. The fourth-order valence-electron chi connectivity index (χ4n) is 15.3. The molecule has 7 heteroatoms. The minimum absolute atomic E-state index is 0. The van der Waals surface area contributed by atoms with E-state index in [0.717, 1.165) is 62.4 Å². The van der Waals surface area contributed by atoms with Crippen LogP contribution in [0.1, 0.15) is 123 Å². The number of para-hydroxylation sites is 1. The van der Waals surface area contributed by atoms with Crippen LogP contribution in [0.2, 0.25) is 0 Å². The first-order valence-corrected chi connectivity index (χ1v) is 31.9. The number of pyridine rings is 1. The molecule has 5 nitrogen and oxygen atoms in total. The topological polar surface area (TPSA) is 33.1 Å². The van der Waals surface area contributed by atoms with Crippen molar-refractivity contribution in [2.45, 2.75) is 122 Å². The monoisotopic (exact) mass is 1280 g/mol. The van der Waals surface area contributed by atoms with Gasteiger partial charge in [0.25, 0.3) is 5.69 Å². The first-order chi connectivity index (χ1) is 39.4. The zero-order valence-electron chi connectivity index (χ0n) is 49.5. The number of nitrogens with zero attached hydrogens (tertiary/aromatic N) is 4. The Kier molecular flexibility index (Phi) is 13.6. The van der Waals surface area contributed by atoms with Gasteiger partial charge in [-0.15, -0.1) is 23.6 Å². The summed E-state index contributed by atoms with van der Waals surface area (Å²) >= 11 is 0. The Morgan fingerprint density at radius 3 is 1.67 bits per heavy atom. The minimum atomic E-state index is -2.85. The second-order valence-electron chi connectivity index (χ2n) is 27.6. The summed E-state index contributed by atoms with van der Waals surface area (Å²) in [7, 11) is -2.85. The van der Waals surface area contributed by atoms with Crippen LogP contribution in [0.3, 0.4) is 0 Å². The van der Waals surface area contributed by atoms with Gasteiger partial charge >= 0.3 is 32.8 Å². The van der Waals surface area contributed by atoms with E-state index in [1.807, 2.05) is 12.3 Å². The summed E-state index contributed by atoms with van der Waals surface area (Å²) in [5, 5.41) is 7.55. The van der Waals surface area contributed by atoms with E-state index in [9.17, 15) is 0 Å². The van der Waals surface area contributed by atoms with Gasteiger partial charge in [-0.25, -0.2) is 4.98 Å². The molecule has 0 N–H and O–H groups in total. The number of ether oxygens (including phenoxy) is 1. The van der Waals surface area contributed by atoms with E-state index < -0.39 is 8.07 Å². The second-order valence-corrected chi connectivity index (χ2v) is 31.4. The normalized spacial score (nSPS) is 19.4. The summed E-state index contributed by atoms with van der Waals surface area (Å²) in [5.74, 6) is 4.52. The summed E-state index contributed by atoms with van der Waals surface area (Å²) in [6, 6.07) is 81.5. The molecule has 4 bridgehead atoms. The summed E-state index contributed by atoms with van der Waals surface area (Å²) < 4.78 is 13.9. The first kappa shape index (κ1) is 55.0. The van der Waals surface area contributed by atoms with Gasteiger partial charge in [-0.2, -0.15) is 12.1 Å². The van der Waals surface area contributed by atoms with Gasteiger partial charge in [0.1, 0.15) is 11.5 Å². The molecular weight excluding hydrogens is 1210 g/mol. The van der Waals surface area contributed by atoms with Gasteiger partial charge in [-0.05, 0) is 138 Å². The molecular formula is C76H74N4OPtSi+2. The van der Waals surface area contributed by atoms with Crippen molar-refractivity contribution in [2.24, 2.45) is 17.8 Å². The molecule has 83 heavy (non-hydrogen) atoms. The zero-order chi connectivity index (χ0) is 56.3. The number of benzene rings is 8. The van der Waals surface area contributed by atoms with Crippen molar-refractivity contribution >= 4 is 79.4 Å². The van der Waals surface area contributed by atoms with Crippen LogP contribution < -0.4 is 34.6 Å². The third-order valence-electron chi connectivity index (χ3n) is 19.0. The molecule has 4 saturated carbocycles. The summed E-state index contributed by atoms with van der Waals surface area (Å²) in [5.41, 5.74) is 11.8. The Balaban J connectivity index is 0.00000645. The third-order valence-corrected chi connectivity index (χ3v) is 23.7. The number of hydrogen-bond donors (Lipinski definition) is 0. The van der Waals surface area contributed by atoms with Crippen LogP contribution in [0.5, 0.6) is 11.5 Å². The number of rotatable bonds is 10. The molecule has 8 aromatic carbocycles.